The van der Waals surface area contributed by atoms with E-state index in [2.05, 4.69) is 0 Å². The number of ketones is 1. The largest absolute Gasteiger partial charge is 0.343 e. The van der Waals surface area contributed by atoms with Gasteiger partial charge in [0.25, 0.3) is 0 Å². The number of nitrogens with two attached hydrogens (primary N) is 1. The van der Waals surface area contributed by atoms with E-state index in [1.807, 2.05) is 24.8 Å². The maximum atomic E-state index is 12.1. The number of amides is 1. The summed E-state index contributed by atoms with van der Waals surface area (Å²) < 4.78 is 0. The molecule has 0 aromatic carbocycles. The summed E-state index contributed by atoms with van der Waals surface area (Å²) in [6, 6.07) is 2.14. The number of piperidine rings is 1. The van der Waals surface area contributed by atoms with Gasteiger partial charge in [0, 0.05) is 47.3 Å². The first-order chi connectivity index (χ1) is 9.47. The number of rotatable bonds is 4. The summed E-state index contributed by atoms with van der Waals surface area (Å²) in [6.07, 6.45) is 2.34. The maximum absolute atomic E-state index is 12.1. The van der Waals surface area contributed by atoms with Crippen molar-refractivity contribution in [3.63, 3.8) is 0 Å². The van der Waals surface area contributed by atoms with Gasteiger partial charge in [0.05, 0.1) is 0 Å². The van der Waals surface area contributed by atoms with Crippen LogP contribution in [0.25, 0.3) is 0 Å². The zero-order chi connectivity index (χ0) is 14.7. The number of likely N-dealkylation sites (tertiary alicyclic amines) is 1. The van der Waals surface area contributed by atoms with Crippen LogP contribution in [0.15, 0.2) is 6.07 Å². The first kappa shape index (κ1) is 18.1. The summed E-state index contributed by atoms with van der Waals surface area (Å²) in [5, 5.41) is 0. The molecule has 118 valence electrons. The standard InChI is InChI=1S/C15H22N2O2S.ClH/c1-10-9-13(11(2)20-10)14(18)3-4-15(19)17-7-5-12(16)6-8-17;/h9,12H,3-8,16H2,1-2H3;1H. The van der Waals surface area contributed by atoms with Gasteiger partial charge in [-0.15, -0.1) is 23.7 Å². The van der Waals surface area contributed by atoms with E-state index < -0.39 is 0 Å². The lowest BCUT2D eigenvalue weighted by Crippen LogP contribution is -2.42. The normalized spacial score (nSPS) is 15.7. The van der Waals surface area contributed by atoms with Crippen LogP contribution in [0.4, 0.5) is 0 Å². The number of aryl methyl sites for hydroxylation is 2. The summed E-state index contributed by atoms with van der Waals surface area (Å²) in [5.74, 6) is 0.156. The fraction of sp³-hybridized carbons (Fsp3) is 0.600. The number of halogens is 1. The maximum Gasteiger partial charge on any atom is 0.223 e. The highest BCUT2D eigenvalue weighted by molar-refractivity contribution is 7.12. The molecule has 0 saturated carbocycles. The van der Waals surface area contributed by atoms with Gasteiger partial charge in [-0.2, -0.15) is 0 Å². The minimum atomic E-state index is 0. The van der Waals surface area contributed by atoms with E-state index in [9.17, 15) is 9.59 Å². The zero-order valence-corrected chi connectivity index (χ0v) is 14.2. The fourth-order valence-electron chi connectivity index (χ4n) is 2.57. The predicted octanol–water partition coefficient (Wildman–Crippen LogP) is 2.70. The summed E-state index contributed by atoms with van der Waals surface area (Å²) in [4.78, 5) is 28.2. The lowest BCUT2D eigenvalue weighted by atomic mass is 10.0. The van der Waals surface area contributed by atoms with Crippen LogP contribution in [-0.2, 0) is 4.79 Å². The van der Waals surface area contributed by atoms with Crippen molar-refractivity contribution in [2.45, 2.75) is 45.6 Å². The number of nitrogens with zero attached hydrogens (tertiary/aromatic N) is 1. The predicted molar refractivity (Wildman–Crippen MR) is 88.4 cm³/mol. The third-order valence-corrected chi connectivity index (χ3v) is 4.77. The molecule has 1 saturated heterocycles. The highest BCUT2D eigenvalue weighted by Crippen LogP contribution is 2.22. The Balaban J connectivity index is 0.00000220. The molecule has 6 heteroatoms. The highest BCUT2D eigenvalue weighted by atomic mass is 35.5. The van der Waals surface area contributed by atoms with Gasteiger partial charge >= 0.3 is 0 Å². The van der Waals surface area contributed by atoms with Crippen LogP contribution in [0.3, 0.4) is 0 Å². The van der Waals surface area contributed by atoms with Crippen molar-refractivity contribution in [1.29, 1.82) is 0 Å². The third kappa shape index (κ3) is 4.80. The molecule has 0 spiro atoms. The van der Waals surface area contributed by atoms with Gasteiger partial charge in [0.2, 0.25) is 5.91 Å². The van der Waals surface area contributed by atoms with Gasteiger partial charge in [-0.05, 0) is 32.8 Å². The molecule has 21 heavy (non-hydrogen) atoms. The average molecular weight is 331 g/mol. The second kappa shape index (κ2) is 7.92. The van der Waals surface area contributed by atoms with E-state index in [1.54, 1.807) is 11.3 Å². The van der Waals surface area contributed by atoms with Crippen molar-refractivity contribution >= 4 is 35.4 Å². The van der Waals surface area contributed by atoms with E-state index in [1.165, 1.54) is 0 Å². The van der Waals surface area contributed by atoms with Gasteiger partial charge in [-0.3, -0.25) is 9.59 Å². The van der Waals surface area contributed by atoms with Crippen molar-refractivity contribution in [1.82, 2.24) is 4.90 Å². The lowest BCUT2D eigenvalue weighted by molar-refractivity contribution is -0.132. The molecule has 1 aliphatic heterocycles. The zero-order valence-electron chi connectivity index (χ0n) is 12.6. The Morgan fingerprint density at radius 2 is 1.90 bits per heavy atom. The van der Waals surface area contributed by atoms with E-state index in [4.69, 9.17) is 5.73 Å². The molecule has 1 fully saturated rings. The van der Waals surface area contributed by atoms with Crippen molar-refractivity contribution < 1.29 is 9.59 Å². The van der Waals surface area contributed by atoms with Crippen LogP contribution >= 0.6 is 23.7 Å². The Morgan fingerprint density at radius 1 is 1.29 bits per heavy atom. The minimum Gasteiger partial charge on any atom is -0.343 e. The Hall–Kier alpha value is -0.910. The van der Waals surface area contributed by atoms with Crippen LogP contribution < -0.4 is 5.73 Å². The highest BCUT2D eigenvalue weighted by Gasteiger charge is 2.21. The van der Waals surface area contributed by atoms with Gasteiger partial charge in [-0.25, -0.2) is 0 Å². The first-order valence-corrected chi connectivity index (χ1v) is 7.92. The molecule has 1 amide bonds. The lowest BCUT2D eigenvalue weighted by Gasteiger charge is -2.30. The number of thiophene rings is 1. The van der Waals surface area contributed by atoms with Crippen LogP contribution in [-0.4, -0.2) is 35.7 Å². The van der Waals surface area contributed by atoms with Crippen LogP contribution in [0.5, 0.6) is 0 Å². The summed E-state index contributed by atoms with van der Waals surface area (Å²) in [6.45, 7) is 5.41. The number of hydrogen-bond acceptors (Lipinski definition) is 4. The fourth-order valence-corrected chi connectivity index (χ4v) is 3.51. The summed E-state index contributed by atoms with van der Waals surface area (Å²) >= 11 is 1.63. The van der Waals surface area contributed by atoms with Crippen LogP contribution in [0, 0.1) is 13.8 Å². The SMILES string of the molecule is Cc1cc(C(=O)CCC(=O)N2CCC(N)CC2)c(C)s1.Cl. The van der Waals surface area contributed by atoms with Gasteiger partial charge in [0.1, 0.15) is 0 Å². The number of hydrogen-bond donors (Lipinski definition) is 1. The number of carbonyl (C=O) groups excluding carboxylic acids is 2. The third-order valence-electron chi connectivity index (χ3n) is 3.80. The van der Waals surface area contributed by atoms with E-state index in [0.29, 0.717) is 12.8 Å². The van der Waals surface area contributed by atoms with Crippen molar-refractivity contribution in [2.75, 3.05) is 13.1 Å². The molecule has 1 aromatic heterocycles. The summed E-state index contributed by atoms with van der Waals surface area (Å²) in [7, 11) is 0. The molecule has 1 aliphatic rings. The van der Waals surface area contributed by atoms with E-state index in [0.717, 1.165) is 41.2 Å². The smallest absolute Gasteiger partial charge is 0.223 e. The van der Waals surface area contributed by atoms with E-state index >= 15 is 0 Å². The molecular formula is C15H23ClN2O2S. The monoisotopic (exact) mass is 330 g/mol. The molecule has 0 aliphatic carbocycles. The number of carbonyl (C=O) groups is 2. The molecule has 4 nitrogen and oxygen atoms in total. The second-order valence-corrected chi connectivity index (χ2v) is 6.93. The average Bonchev–Trinajstić information content (AvgIpc) is 2.75. The van der Waals surface area contributed by atoms with Crippen LogP contribution in [0.2, 0.25) is 0 Å². The Morgan fingerprint density at radius 3 is 2.43 bits per heavy atom. The topological polar surface area (TPSA) is 63.4 Å². The Labute approximate surface area is 136 Å². The summed E-state index contributed by atoms with van der Waals surface area (Å²) in [5.41, 5.74) is 6.60. The van der Waals surface area contributed by atoms with Gasteiger partial charge in [0.15, 0.2) is 5.78 Å². The van der Waals surface area contributed by atoms with Crippen molar-refractivity contribution in [2.24, 2.45) is 5.73 Å². The van der Waals surface area contributed by atoms with Crippen molar-refractivity contribution in [3.05, 3.63) is 21.4 Å². The number of Topliss-reactive ketones (excluding diaryl/α,β-unsaturated/α-hetero) is 1. The molecule has 2 rings (SSSR count). The first-order valence-electron chi connectivity index (χ1n) is 7.11. The van der Waals surface area contributed by atoms with E-state index in [-0.39, 0.29) is 30.1 Å². The molecular weight excluding hydrogens is 308 g/mol. The Bertz CT molecular complexity index is 508. The minimum absolute atomic E-state index is 0. The van der Waals surface area contributed by atoms with Crippen molar-refractivity contribution in [3.8, 4) is 0 Å². The quantitative estimate of drug-likeness (QED) is 0.863. The Kier molecular flexibility index (Phi) is 6.84. The molecule has 0 atom stereocenters. The molecule has 2 N–H and O–H groups in total. The molecule has 2 heterocycles. The molecule has 1 aromatic rings. The molecule has 0 radical (unpaired) electrons. The second-order valence-electron chi connectivity index (χ2n) is 5.47. The van der Waals surface area contributed by atoms with Gasteiger partial charge in [-0.1, -0.05) is 0 Å². The van der Waals surface area contributed by atoms with Gasteiger partial charge < -0.3 is 10.6 Å². The van der Waals surface area contributed by atoms with Crippen LogP contribution in [0.1, 0.15) is 45.8 Å². The molecule has 0 bridgehead atoms. The molecule has 0 unspecified atom stereocenters.